The lowest BCUT2D eigenvalue weighted by molar-refractivity contribution is -0.136. The van der Waals surface area contributed by atoms with Crippen molar-refractivity contribution in [2.24, 2.45) is 5.92 Å². The van der Waals surface area contributed by atoms with E-state index in [-0.39, 0.29) is 18.4 Å². The van der Waals surface area contributed by atoms with E-state index in [2.05, 4.69) is 5.32 Å². The fourth-order valence-electron chi connectivity index (χ4n) is 2.34. The molecule has 0 aromatic heterocycles. The number of hydrogen-bond acceptors (Lipinski definition) is 3. The minimum absolute atomic E-state index is 0.0290. The van der Waals surface area contributed by atoms with Crippen molar-refractivity contribution in [3.63, 3.8) is 0 Å². The van der Waals surface area contributed by atoms with E-state index in [9.17, 15) is 9.59 Å². The van der Waals surface area contributed by atoms with Gasteiger partial charge in [-0.2, -0.15) is 0 Å². The van der Waals surface area contributed by atoms with E-state index in [0.717, 1.165) is 31.2 Å². The summed E-state index contributed by atoms with van der Waals surface area (Å²) in [6, 6.07) is 7.27. The van der Waals surface area contributed by atoms with Gasteiger partial charge in [-0.05, 0) is 37.5 Å². The maximum atomic E-state index is 11.7. The van der Waals surface area contributed by atoms with Gasteiger partial charge in [0, 0.05) is 5.92 Å². The van der Waals surface area contributed by atoms with Gasteiger partial charge >= 0.3 is 5.97 Å². The van der Waals surface area contributed by atoms with Gasteiger partial charge in [0.15, 0.2) is 0 Å². The minimum atomic E-state index is -0.433. The molecule has 0 radical (unpaired) electrons. The Balaban J connectivity index is 1.76. The Kier molecular flexibility index (Phi) is 4.55. The van der Waals surface area contributed by atoms with Crippen LogP contribution < -0.4 is 10.1 Å². The molecule has 1 aromatic rings. The highest BCUT2D eigenvalue weighted by Crippen LogP contribution is 2.24. The third-order valence-corrected chi connectivity index (χ3v) is 3.35. The topological polar surface area (TPSA) is 55.4 Å². The number of hydrogen-bond donors (Lipinski definition) is 1. The number of amides is 1. The van der Waals surface area contributed by atoms with Crippen LogP contribution in [-0.4, -0.2) is 18.4 Å². The Morgan fingerprint density at radius 1 is 1.32 bits per heavy atom. The molecular weight excluding hydrogens is 242 g/mol. The number of ether oxygens (including phenoxy) is 1. The van der Waals surface area contributed by atoms with Crippen molar-refractivity contribution in [1.29, 1.82) is 0 Å². The highest BCUT2D eigenvalue weighted by atomic mass is 16.5. The lowest BCUT2D eigenvalue weighted by Crippen LogP contribution is -2.35. The highest BCUT2D eigenvalue weighted by molar-refractivity contribution is 5.84. The Labute approximate surface area is 113 Å². The standard InChI is InChI=1S/C15H19NO3/c1-11-5-4-8-13(9-11)19-14(17)10-16-15(18)12-6-2-3-7-12/h4-5,8-9,12H,2-3,6-7,10H2,1H3,(H,16,18). The van der Waals surface area contributed by atoms with E-state index in [0.29, 0.717) is 5.75 Å². The van der Waals surface area contributed by atoms with Gasteiger partial charge in [-0.15, -0.1) is 0 Å². The lowest BCUT2D eigenvalue weighted by Gasteiger charge is -2.10. The summed E-state index contributed by atoms with van der Waals surface area (Å²) in [5.41, 5.74) is 1.03. The zero-order chi connectivity index (χ0) is 13.7. The number of esters is 1. The first-order valence-corrected chi connectivity index (χ1v) is 6.70. The summed E-state index contributed by atoms with van der Waals surface area (Å²) < 4.78 is 5.15. The molecule has 0 aliphatic heterocycles. The van der Waals surface area contributed by atoms with Gasteiger partial charge in [-0.25, -0.2) is 4.79 Å². The predicted molar refractivity (Wildman–Crippen MR) is 71.8 cm³/mol. The van der Waals surface area contributed by atoms with Crippen molar-refractivity contribution in [2.45, 2.75) is 32.6 Å². The molecule has 0 spiro atoms. The molecule has 1 amide bonds. The molecule has 0 heterocycles. The van der Waals surface area contributed by atoms with Crippen molar-refractivity contribution < 1.29 is 14.3 Å². The van der Waals surface area contributed by atoms with Gasteiger partial charge in [0.1, 0.15) is 12.3 Å². The zero-order valence-electron chi connectivity index (χ0n) is 11.1. The van der Waals surface area contributed by atoms with E-state index in [1.807, 2.05) is 19.1 Å². The van der Waals surface area contributed by atoms with Gasteiger partial charge < -0.3 is 10.1 Å². The van der Waals surface area contributed by atoms with E-state index in [4.69, 9.17) is 4.74 Å². The van der Waals surface area contributed by atoms with Crippen LogP contribution in [0.5, 0.6) is 5.75 Å². The molecule has 19 heavy (non-hydrogen) atoms. The fraction of sp³-hybridized carbons (Fsp3) is 0.467. The summed E-state index contributed by atoms with van der Waals surface area (Å²) in [5.74, 6) is 0.127. The summed E-state index contributed by atoms with van der Waals surface area (Å²) in [6.07, 6.45) is 4.06. The Morgan fingerprint density at radius 2 is 2.05 bits per heavy atom. The fourth-order valence-corrected chi connectivity index (χ4v) is 2.34. The van der Waals surface area contributed by atoms with Crippen LogP contribution in [0.3, 0.4) is 0 Å². The summed E-state index contributed by atoms with van der Waals surface area (Å²) in [5, 5.41) is 2.65. The SMILES string of the molecule is Cc1cccc(OC(=O)CNC(=O)C2CCCC2)c1. The molecule has 0 saturated heterocycles. The average Bonchev–Trinajstić information content (AvgIpc) is 2.90. The highest BCUT2D eigenvalue weighted by Gasteiger charge is 2.22. The number of nitrogens with one attached hydrogen (secondary N) is 1. The van der Waals surface area contributed by atoms with Gasteiger partial charge in [-0.1, -0.05) is 25.0 Å². The number of carbonyl (C=O) groups excluding carboxylic acids is 2. The maximum absolute atomic E-state index is 11.7. The molecule has 0 bridgehead atoms. The van der Waals surface area contributed by atoms with Gasteiger partial charge in [0.05, 0.1) is 0 Å². The number of carbonyl (C=O) groups is 2. The molecule has 2 rings (SSSR count). The zero-order valence-corrected chi connectivity index (χ0v) is 11.1. The third-order valence-electron chi connectivity index (χ3n) is 3.35. The summed E-state index contributed by atoms with van der Waals surface area (Å²) in [4.78, 5) is 23.3. The monoisotopic (exact) mass is 261 g/mol. The van der Waals surface area contributed by atoms with Crippen LogP contribution >= 0.6 is 0 Å². The van der Waals surface area contributed by atoms with E-state index in [1.54, 1.807) is 12.1 Å². The first kappa shape index (κ1) is 13.6. The van der Waals surface area contributed by atoms with Crippen LogP contribution in [0.4, 0.5) is 0 Å². The van der Waals surface area contributed by atoms with Gasteiger partial charge in [0.25, 0.3) is 0 Å². The van der Waals surface area contributed by atoms with Gasteiger partial charge in [0.2, 0.25) is 5.91 Å². The van der Waals surface area contributed by atoms with Crippen LogP contribution in [0, 0.1) is 12.8 Å². The summed E-state index contributed by atoms with van der Waals surface area (Å²) >= 11 is 0. The Morgan fingerprint density at radius 3 is 2.74 bits per heavy atom. The van der Waals surface area contributed by atoms with E-state index >= 15 is 0 Å². The second kappa shape index (κ2) is 6.36. The normalized spacial score (nSPS) is 15.2. The molecule has 1 aliphatic rings. The molecule has 4 nitrogen and oxygen atoms in total. The van der Waals surface area contributed by atoms with E-state index < -0.39 is 5.97 Å². The largest absolute Gasteiger partial charge is 0.425 e. The Hall–Kier alpha value is -1.84. The average molecular weight is 261 g/mol. The van der Waals surface area contributed by atoms with Crippen LogP contribution in [0.25, 0.3) is 0 Å². The second-order valence-electron chi connectivity index (χ2n) is 4.99. The molecule has 0 atom stereocenters. The summed E-state index contributed by atoms with van der Waals surface area (Å²) in [7, 11) is 0. The maximum Gasteiger partial charge on any atom is 0.330 e. The molecule has 1 aromatic carbocycles. The number of aryl methyl sites for hydroxylation is 1. The molecule has 1 fully saturated rings. The molecule has 1 N–H and O–H groups in total. The van der Waals surface area contributed by atoms with Crippen molar-refractivity contribution in [3.8, 4) is 5.75 Å². The molecular formula is C15H19NO3. The first-order valence-electron chi connectivity index (χ1n) is 6.70. The van der Waals surface area contributed by atoms with Crippen molar-refractivity contribution in [2.75, 3.05) is 6.54 Å². The molecule has 102 valence electrons. The van der Waals surface area contributed by atoms with Crippen molar-refractivity contribution in [3.05, 3.63) is 29.8 Å². The molecule has 1 aliphatic carbocycles. The summed E-state index contributed by atoms with van der Waals surface area (Å²) in [6.45, 7) is 1.86. The smallest absolute Gasteiger partial charge is 0.330 e. The molecule has 0 unspecified atom stereocenters. The number of rotatable bonds is 4. The predicted octanol–water partition coefficient (Wildman–Crippen LogP) is 2.21. The Bertz CT molecular complexity index is 464. The second-order valence-corrected chi connectivity index (χ2v) is 4.99. The lowest BCUT2D eigenvalue weighted by atomic mass is 10.1. The van der Waals surface area contributed by atoms with Gasteiger partial charge in [-0.3, -0.25) is 4.79 Å². The van der Waals surface area contributed by atoms with E-state index in [1.165, 1.54) is 0 Å². The minimum Gasteiger partial charge on any atom is -0.425 e. The van der Waals surface area contributed by atoms with Crippen LogP contribution in [0.15, 0.2) is 24.3 Å². The van der Waals surface area contributed by atoms with Crippen LogP contribution in [0.2, 0.25) is 0 Å². The molecule has 1 saturated carbocycles. The number of benzene rings is 1. The quantitative estimate of drug-likeness (QED) is 0.668. The van der Waals surface area contributed by atoms with Crippen molar-refractivity contribution in [1.82, 2.24) is 5.32 Å². The van der Waals surface area contributed by atoms with Crippen molar-refractivity contribution >= 4 is 11.9 Å². The first-order chi connectivity index (χ1) is 9.15. The van der Waals surface area contributed by atoms with Crippen LogP contribution in [-0.2, 0) is 9.59 Å². The third kappa shape index (κ3) is 4.09. The van der Waals surface area contributed by atoms with Crippen LogP contribution in [0.1, 0.15) is 31.2 Å². The molecule has 4 heteroatoms.